The van der Waals surface area contributed by atoms with Crippen LogP contribution in [0.1, 0.15) is 5.56 Å². The molecule has 0 unspecified atom stereocenters. The molecule has 114 valence electrons. The van der Waals surface area contributed by atoms with Crippen molar-refractivity contribution in [3.8, 4) is 0 Å². The minimum absolute atomic E-state index is 0.0303. The minimum Gasteiger partial charge on any atom is -0.408 e. The van der Waals surface area contributed by atoms with E-state index in [-0.39, 0.29) is 10.5 Å². The summed E-state index contributed by atoms with van der Waals surface area (Å²) in [7, 11) is -3.83. The minimum atomic E-state index is -3.83. The third kappa shape index (κ3) is 2.72. The van der Waals surface area contributed by atoms with E-state index >= 15 is 0 Å². The van der Waals surface area contributed by atoms with E-state index in [1.807, 2.05) is 0 Å². The highest BCUT2D eigenvalue weighted by atomic mass is 35.5. The smallest absolute Gasteiger partial charge is 0.408 e. The number of rotatable bonds is 3. The van der Waals surface area contributed by atoms with E-state index in [1.54, 1.807) is 31.2 Å². The molecule has 3 aromatic rings. The highest BCUT2D eigenvalue weighted by Crippen LogP contribution is 2.24. The molecule has 0 amide bonds. The van der Waals surface area contributed by atoms with Crippen molar-refractivity contribution >= 4 is 38.4 Å². The lowest BCUT2D eigenvalue weighted by molar-refractivity contribution is 0.554. The average molecular weight is 339 g/mol. The van der Waals surface area contributed by atoms with Gasteiger partial charge in [0, 0.05) is 11.1 Å². The SMILES string of the molecule is Cc1cc2[nH]c(=O)oc2cc1S(=O)(=O)Nc1cccc(Cl)c1. The number of aryl methyl sites for hydroxylation is 1. The number of hydrogen-bond donors (Lipinski definition) is 2. The molecule has 0 aliphatic rings. The van der Waals surface area contributed by atoms with Crippen LogP contribution in [0, 0.1) is 6.92 Å². The number of anilines is 1. The van der Waals surface area contributed by atoms with Crippen molar-refractivity contribution < 1.29 is 12.8 Å². The van der Waals surface area contributed by atoms with Gasteiger partial charge in [0.15, 0.2) is 5.58 Å². The Labute approximate surface area is 130 Å². The van der Waals surface area contributed by atoms with Gasteiger partial charge in [-0.25, -0.2) is 13.2 Å². The lowest BCUT2D eigenvalue weighted by atomic mass is 10.2. The highest BCUT2D eigenvalue weighted by molar-refractivity contribution is 7.92. The number of sulfonamides is 1. The maximum atomic E-state index is 12.5. The van der Waals surface area contributed by atoms with Crippen LogP contribution in [0.4, 0.5) is 5.69 Å². The third-order valence-corrected chi connectivity index (χ3v) is 4.84. The zero-order valence-corrected chi connectivity index (χ0v) is 13.0. The first kappa shape index (κ1) is 14.7. The molecular formula is C14H11ClN2O4S. The Kier molecular flexibility index (Phi) is 3.46. The summed E-state index contributed by atoms with van der Waals surface area (Å²) >= 11 is 5.84. The molecule has 0 radical (unpaired) electrons. The van der Waals surface area contributed by atoms with Crippen LogP contribution in [-0.4, -0.2) is 13.4 Å². The van der Waals surface area contributed by atoms with Gasteiger partial charge in [-0.2, -0.15) is 0 Å². The van der Waals surface area contributed by atoms with Gasteiger partial charge in [0.2, 0.25) is 0 Å². The molecule has 0 fully saturated rings. The van der Waals surface area contributed by atoms with Crippen molar-refractivity contribution in [3.63, 3.8) is 0 Å². The van der Waals surface area contributed by atoms with Crippen LogP contribution in [0.25, 0.3) is 11.1 Å². The van der Waals surface area contributed by atoms with Crippen molar-refractivity contribution in [2.45, 2.75) is 11.8 Å². The molecule has 2 aromatic carbocycles. The Hall–Kier alpha value is -2.25. The quantitative estimate of drug-likeness (QED) is 0.768. The molecule has 0 saturated carbocycles. The summed E-state index contributed by atoms with van der Waals surface area (Å²) < 4.78 is 32.3. The summed E-state index contributed by atoms with van der Waals surface area (Å²) in [6.45, 7) is 1.64. The maximum absolute atomic E-state index is 12.5. The Morgan fingerprint density at radius 3 is 2.73 bits per heavy atom. The molecule has 0 atom stereocenters. The summed E-state index contributed by atoms with van der Waals surface area (Å²) in [5.41, 5.74) is 1.47. The normalized spacial score (nSPS) is 11.7. The standard InChI is InChI=1S/C14H11ClN2O4S/c1-8-5-11-12(21-14(18)16-11)7-13(8)22(19,20)17-10-4-2-3-9(15)6-10/h2-7,17H,1H3,(H,16,18). The molecule has 6 nitrogen and oxygen atoms in total. The molecule has 0 spiro atoms. The van der Waals surface area contributed by atoms with Gasteiger partial charge in [-0.05, 0) is 36.8 Å². The van der Waals surface area contributed by atoms with Gasteiger partial charge in [-0.15, -0.1) is 0 Å². The van der Waals surface area contributed by atoms with Crippen molar-refractivity contribution in [1.82, 2.24) is 4.98 Å². The summed E-state index contributed by atoms with van der Waals surface area (Å²) in [6, 6.07) is 9.24. The van der Waals surface area contributed by atoms with Gasteiger partial charge in [0.1, 0.15) is 0 Å². The Balaban J connectivity index is 2.08. The average Bonchev–Trinajstić information content (AvgIpc) is 2.76. The summed E-state index contributed by atoms with van der Waals surface area (Å²) in [5, 5.41) is 0.420. The first-order chi connectivity index (χ1) is 10.3. The number of aromatic nitrogens is 1. The van der Waals surface area contributed by atoms with Crippen LogP contribution in [0.5, 0.6) is 0 Å². The fourth-order valence-corrected chi connectivity index (χ4v) is 3.62. The molecule has 1 heterocycles. The van der Waals surface area contributed by atoms with E-state index in [2.05, 4.69) is 9.71 Å². The second-order valence-corrected chi connectivity index (χ2v) is 6.83. The predicted molar refractivity (Wildman–Crippen MR) is 83.8 cm³/mol. The van der Waals surface area contributed by atoms with E-state index in [4.69, 9.17) is 16.0 Å². The zero-order chi connectivity index (χ0) is 15.9. The van der Waals surface area contributed by atoms with Crippen LogP contribution in [-0.2, 0) is 10.0 Å². The third-order valence-electron chi connectivity index (χ3n) is 3.08. The predicted octanol–water partition coefficient (Wildman–Crippen LogP) is 2.88. The number of nitrogens with one attached hydrogen (secondary N) is 2. The number of hydrogen-bond acceptors (Lipinski definition) is 4. The van der Waals surface area contributed by atoms with E-state index in [0.717, 1.165) is 0 Å². The fraction of sp³-hybridized carbons (Fsp3) is 0.0714. The van der Waals surface area contributed by atoms with Crippen molar-refractivity contribution in [1.29, 1.82) is 0 Å². The lowest BCUT2D eigenvalue weighted by Gasteiger charge is -2.10. The van der Waals surface area contributed by atoms with Gasteiger partial charge < -0.3 is 4.42 Å². The van der Waals surface area contributed by atoms with Crippen LogP contribution in [0.3, 0.4) is 0 Å². The van der Waals surface area contributed by atoms with Crippen LogP contribution in [0.15, 0.2) is 50.5 Å². The molecule has 3 rings (SSSR count). The van der Waals surface area contributed by atoms with E-state index in [0.29, 0.717) is 21.8 Å². The van der Waals surface area contributed by atoms with Crippen LogP contribution >= 0.6 is 11.6 Å². The molecule has 8 heteroatoms. The molecular weight excluding hydrogens is 328 g/mol. The van der Waals surface area contributed by atoms with Gasteiger partial charge in [0.25, 0.3) is 10.0 Å². The number of benzene rings is 2. The van der Waals surface area contributed by atoms with Crippen LogP contribution in [0.2, 0.25) is 5.02 Å². The largest absolute Gasteiger partial charge is 0.417 e. The summed E-state index contributed by atoms with van der Waals surface area (Å²) in [6.07, 6.45) is 0. The lowest BCUT2D eigenvalue weighted by Crippen LogP contribution is -2.14. The second-order valence-electron chi connectivity index (χ2n) is 4.74. The number of fused-ring (bicyclic) bond motifs is 1. The molecule has 0 saturated heterocycles. The van der Waals surface area contributed by atoms with Gasteiger partial charge >= 0.3 is 5.76 Å². The number of H-pyrrole nitrogens is 1. The molecule has 22 heavy (non-hydrogen) atoms. The maximum Gasteiger partial charge on any atom is 0.417 e. The number of halogens is 1. The Morgan fingerprint density at radius 1 is 1.23 bits per heavy atom. The topological polar surface area (TPSA) is 92.2 Å². The molecule has 0 bridgehead atoms. The Bertz CT molecular complexity index is 1020. The fourth-order valence-electron chi connectivity index (χ4n) is 2.14. The summed E-state index contributed by atoms with van der Waals surface area (Å²) in [4.78, 5) is 13.7. The van der Waals surface area contributed by atoms with Crippen LogP contribution < -0.4 is 10.5 Å². The molecule has 2 N–H and O–H groups in total. The first-order valence-corrected chi connectivity index (χ1v) is 8.13. The second kappa shape index (κ2) is 5.19. The van der Waals surface area contributed by atoms with Crippen molar-refractivity contribution in [2.24, 2.45) is 0 Å². The number of aromatic amines is 1. The monoisotopic (exact) mass is 338 g/mol. The molecule has 0 aliphatic heterocycles. The van der Waals surface area contributed by atoms with E-state index in [1.165, 1.54) is 12.1 Å². The van der Waals surface area contributed by atoms with Crippen molar-refractivity contribution in [2.75, 3.05) is 4.72 Å². The number of oxazole rings is 1. The van der Waals surface area contributed by atoms with Gasteiger partial charge in [-0.3, -0.25) is 9.71 Å². The Morgan fingerprint density at radius 2 is 2.00 bits per heavy atom. The van der Waals surface area contributed by atoms with Gasteiger partial charge in [-0.1, -0.05) is 17.7 Å². The van der Waals surface area contributed by atoms with E-state index in [9.17, 15) is 13.2 Å². The molecule has 0 aliphatic carbocycles. The summed E-state index contributed by atoms with van der Waals surface area (Å²) in [5.74, 6) is -0.633. The highest BCUT2D eigenvalue weighted by Gasteiger charge is 2.19. The molecule has 1 aromatic heterocycles. The first-order valence-electron chi connectivity index (χ1n) is 6.27. The zero-order valence-electron chi connectivity index (χ0n) is 11.4. The van der Waals surface area contributed by atoms with Crippen molar-refractivity contribution in [3.05, 3.63) is 57.5 Å². The van der Waals surface area contributed by atoms with Gasteiger partial charge in [0.05, 0.1) is 16.1 Å². The van der Waals surface area contributed by atoms with E-state index < -0.39 is 15.8 Å².